The highest BCUT2D eigenvalue weighted by molar-refractivity contribution is 7.99. The van der Waals surface area contributed by atoms with Crippen molar-refractivity contribution in [3.05, 3.63) is 94.8 Å². The van der Waals surface area contributed by atoms with Gasteiger partial charge in [0, 0.05) is 30.9 Å². The Labute approximate surface area is 268 Å². The van der Waals surface area contributed by atoms with E-state index in [1.54, 1.807) is 13.8 Å². The van der Waals surface area contributed by atoms with E-state index in [9.17, 15) is 18.0 Å². The van der Waals surface area contributed by atoms with E-state index in [-0.39, 0.29) is 29.0 Å². The lowest BCUT2D eigenvalue weighted by Crippen LogP contribution is -2.36. The van der Waals surface area contributed by atoms with E-state index < -0.39 is 10.0 Å². The molecule has 0 spiro atoms. The van der Waals surface area contributed by atoms with Crippen LogP contribution in [0.15, 0.2) is 76.8 Å². The summed E-state index contributed by atoms with van der Waals surface area (Å²) >= 11 is 1.32. The molecule has 0 radical (unpaired) electrons. The minimum absolute atomic E-state index is 0.00368. The number of hydrogen-bond donors (Lipinski definition) is 1. The first-order valence-corrected chi connectivity index (χ1v) is 17.5. The number of amides is 2. The molecular weight excluding hydrogens is 609 g/mol. The third-order valence-corrected chi connectivity index (χ3v) is 10.9. The van der Waals surface area contributed by atoms with Crippen molar-refractivity contribution in [3.63, 3.8) is 0 Å². The van der Waals surface area contributed by atoms with Crippen LogP contribution < -0.4 is 10.2 Å². The fourth-order valence-electron chi connectivity index (χ4n) is 5.46. The Hall–Kier alpha value is -4.00. The zero-order valence-corrected chi connectivity index (χ0v) is 27.6. The normalized spacial score (nSPS) is 13.1. The largest absolute Gasteiger partial charge is 0.345 e. The van der Waals surface area contributed by atoms with Crippen LogP contribution in [0, 0.1) is 13.8 Å². The second-order valence-electron chi connectivity index (χ2n) is 10.9. The molecule has 4 aromatic rings. The van der Waals surface area contributed by atoms with E-state index in [2.05, 4.69) is 21.6 Å². The van der Waals surface area contributed by atoms with Crippen LogP contribution in [0.1, 0.15) is 53.1 Å². The summed E-state index contributed by atoms with van der Waals surface area (Å²) < 4.78 is 28.9. The summed E-state index contributed by atoms with van der Waals surface area (Å²) in [4.78, 5) is 28.5. The molecule has 0 saturated carbocycles. The first-order valence-electron chi connectivity index (χ1n) is 15.1. The predicted octanol–water partition coefficient (Wildman–Crippen LogP) is 4.92. The molecule has 10 nitrogen and oxygen atoms in total. The fourth-order valence-corrected chi connectivity index (χ4v) is 7.76. The molecule has 45 heavy (non-hydrogen) atoms. The number of carbonyl (C=O) groups is 2. The van der Waals surface area contributed by atoms with Gasteiger partial charge < -0.3 is 10.2 Å². The minimum atomic E-state index is -3.62. The van der Waals surface area contributed by atoms with Crippen molar-refractivity contribution < 1.29 is 18.0 Å². The number of aromatic nitrogens is 3. The maximum absolute atomic E-state index is 13.4. The van der Waals surface area contributed by atoms with Crippen LogP contribution in [0.5, 0.6) is 0 Å². The van der Waals surface area contributed by atoms with Crippen LogP contribution in [0.25, 0.3) is 5.69 Å². The van der Waals surface area contributed by atoms with Crippen LogP contribution >= 0.6 is 11.8 Å². The quantitative estimate of drug-likeness (QED) is 0.230. The van der Waals surface area contributed by atoms with Crippen molar-refractivity contribution in [2.75, 3.05) is 30.3 Å². The van der Waals surface area contributed by atoms with Gasteiger partial charge in [0.25, 0.3) is 5.91 Å². The lowest BCUT2D eigenvalue weighted by Gasteiger charge is -2.29. The number of rotatable bonds is 11. The van der Waals surface area contributed by atoms with Crippen LogP contribution in [-0.2, 0) is 27.8 Å². The van der Waals surface area contributed by atoms with Crippen molar-refractivity contribution in [1.29, 1.82) is 0 Å². The third-order valence-electron chi connectivity index (χ3n) is 7.91. The van der Waals surface area contributed by atoms with Crippen molar-refractivity contribution in [2.24, 2.45) is 0 Å². The highest BCUT2D eigenvalue weighted by atomic mass is 32.2. The van der Waals surface area contributed by atoms with Crippen LogP contribution in [0.4, 0.5) is 5.69 Å². The number of para-hydroxylation sites is 1. The molecule has 0 atom stereocenters. The number of anilines is 1. The summed E-state index contributed by atoms with van der Waals surface area (Å²) in [6.07, 6.45) is 1.88. The number of thioether (sulfide) groups is 1. The van der Waals surface area contributed by atoms with Crippen LogP contribution in [-0.4, -0.2) is 64.7 Å². The number of benzene rings is 3. The Kier molecular flexibility index (Phi) is 10.1. The molecule has 1 aliphatic rings. The van der Waals surface area contributed by atoms with Gasteiger partial charge in [-0.2, -0.15) is 4.31 Å². The van der Waals surface area contributed by atoms with E-state index in [4.69, 9.17) is 0 Å². The topological polar surface area (TPSA) is 118 Å². The van der Waals surface area contributed by atoms with Crippen molar-refractivity contribution in [2.45, 2.75) is 57.1 Å². The van der Waals surface area contributed by atoms with Crippen molar-refractivity contribution >= 4 is 39.3 Å². The molecule has 1 aliphatic heterocycles. The summed E-state index contributed by atoms with van der Waals surface area (Å²) in [5.74, 6) is 0.331. The lowest BCUT2D eigenvalue weighted by molar-refractivity contribution is -0.116. The highest BCUT2D eigenvalue weighted by Gasteiger charge is 2.25. The molecule has 12 heteroatoms. The molecule has 0 saturated heterocycles. The first-order chi connectivity index (χ1) is 21.6. The number of sulfonamides is 1. The average molecular weight is 647 g/mol. The van der Waals surface area contributed by atoms with E-state index in [0.717, 1.165) is 35.3 Å². The molecule has 0 bridgehead atoms. The molecule has 0 aliphatic carbocycles. The van der Waals surface area contributed by atoms with Gasteiger partial charge in [0.15, 0.2) is 11.0 Å². The SMILES string of the molecule is CCN(CC)S(=O)(=O)c1ccc(C(=O)NCc2nnc(SCC(=O)N3CCCc4ccccc43)n2-c2cc(C)ccc2C)cc1. The van der Waals surface area contributed by atoms with E-state index in [0.29, 0.717) is 36.2 Å². The molecule has 1 N–H and O–H groups in total. The van der Waals surface area contributed by atoms with Gasteiger partial charge in [-0.05, 0) is 79.8 Å². The number of fused-ring (bicyclic) bond motifs is 1. The van der Waals surface area contributed by atoms with Gasteiger partial charge in [0.05, 0.1) is 22.9 Å². The molecule has 2 heterocycles. The van der Waals surface area contributed by atoms with Gasteiger partial charge in [0.1, 0.15) is 0 Å². The fraction of sp³-hybridized carbons (Fsp3) is 0.333. The Morgan fingerprint density at radius 2 is 1.69 bits per heavy atom. The second kappa shape index (κ2) is 14.0. The average Bonchev–Trinajstić information content (AvgIpc) is 3.46. The molecule has 2 amide bonds. The van der Waals surface area contributed by atoms with Gasteiger partial charge in [-0.15, -0.1) is 10.2 Å². The molecule has 0 fully saturated rings. The summed E-state index contributed by atoms with van der Waals surface area (Å²) in [6, 6.07) is 20.0. The zero-order valence-electron chi connectivity index (χ0n) is 26.0. The molecular formula is C33H38N6O4S2. The smallest absolute Gasteiger partial charge is 0.251 e. The van der Waals surface area contributed by atoms with Crippen LogP contribution in [0.2, 0.25) is 0 Å². The molecule has 236 valence electrons. The number of nitrogens with one attached hydrogen (secondary N) is 1. The van der Waals surface area contributed by atoms with E-state index in [1.165, 1.54) is 45.9 Å². The lowest BCUT2D eigenvalue weighted by atomic mass is 10.0. The molecule has 5 rings (SSSR count). The van der Waals surface area contributed by atoms with E-state index in [1.807, 2.05) is 59.7 Å². The maximum atomic E-state index is 13.4. The Morgan fingerprint density at radius 3 is 2.42 bits per heavy atom. The van der Waals surface area contributed by atoms with Crippen LogP contribution in [0.3, 0.4) is 0 Å². The van der Waals surface area contributed by atoms with Gasteiger partial charge in [-0.3, -0.25) is 14.2 Å². The van der Waals surface area contributed by atoms with Gasteiger partial charge >= 0.3 is 0 Å². The van der Waals surface area contributed by atoms with Gasteiger partial charge in [-0.1, -0.05) is 55.9 Å². The maximum Gasteiger partial charge on any atom is 0.251 e. The third kappa shape index (κ3) is 6.98. The standard InChI is InChI=1S/C33H38N6O4S2/c1-5-37(6-2)45(42,43)27-17-15-26(16-18-27)32(41)34-21-30-35-36-33(39(30)29-20-23(3)13-14-24(29)4)44-22-31(40)38-19-9-11-25-10-7-8-12-28(25)38/h7-8,10,12-18,20H,5-6,9,11,19,21-22H2,1-4H3,(H,34,41). The van der Waals surface area contributed by atoms with Crippen molar-refractivity contribution in [3.8, 4) is 5.69 Å². The van der Waals surface area contributed by atoms with Gasteiger partial charge in [0.2, 0.25) is 15.9 Å². The second-order valence-corrected chi connectivity index (χ2v) is 13.8. The summed E-state index contributed by atoms with van der Waals surface area (Å²) in [7, 11) is -3.62. The number of carbonyl (C=O) groups excluding carboxylic acids is 2. The van der Waals surface area contributed by atoms with E-state index >= 15 is 0 Å². The zero-order chi connectivity index (χ0) is 32.1. The molecule has 1 aromatic heterocycles. The monoisotopic (exact) mass is 646 g/mol. The Bertz CT molecular complexity index is 1800. The minimum Gasteiger partial charge on any atom is -0.345 e. The summed E-state index contributed by atoms with van der Waals surface area (Å²) in [5.41, 5.74) is 5.39. The summed E-state index contributed by atoms with van der Waals surface area (Å²) in [6.45, 7) is 9.06. The van der Waals surface area contributed by atoms with Crippen molar-refractivity contribution in [1.82, 2.24) is 24.4 Å². The number of aryl methyl sites for hydroxylation is 3. The van der Waals surface area contributed by atoms with Gasteiger partial charge in [-0.25, -0.2) is 8.42 Å². The summed E-state index contributed by atoms with van der Waals surface area (Å²) in [5, 5.41) is 12.3. The Morgan fingerprint density at radius 1 is 0.956 bits per heavy atom. The molecule has 3 aromatic carbocycles. The molecule has 0 unspecified atom stereocenters. The number of nitrogens with zero attached hydrogens (tertiary/aromatic N) is 5. The Balaban J connectivity index is 1.34. The highest BCUT2D eigenvalue weighted by Crippen LogP contribution is 2.30. The number of hydrogen-bond acceptors (Lipinski definition) is 7. The predicted molar refractivity (Wildman–Crippen MR) is 176 cm³/mol. The first kappa shape index (κ1) is 32.4.